The van der Waals surface area contributed by atoms with Crippen LogP contribution in [0.3, 0.4) is 0 Å². The van der Waals surface area contributed by atoms with E-state index in [1.54, 1.807) is 0 Å². The molecule has 0 N–H and O–H groups in total. The Bertz CT molecular complexity index is 645. The first-order valence-corrected chi connectivity index (χ1v) is 9.60. The van der Waals surface area contributed by atoms with Crippen molar-refractivity contribution in [1.82, 2.24) is 14.7 Å². The molecule has 1 aromatic carbocycles. The SMILES string of the molecule is Cc1ccc(C(=O)N2CCC(N3CCN(C)CC3)CC2)c2c1OCC2. The lowest BCUT2D eigenvalue weighted by Crippen LogP contribution is -2.53. The van der Waals surface area contributed by atoms with Gasteiger partial charge in [0.1, 0.15) is 5.75 Å². The fourth-order valence-corrected chi connectivity index (χ4v) is 4.44. The molecule has 0 unspecified atom stereocenters. The molecule has 136 valence electrons. The fraction of sp³-hybridized carbons (Fsp3) is 0.650. The molecule has 2 saturated heterocycles. The molecule has 0 atom stereocenters. The molecule has 0 bridgehead atoms. The zero-order valence-corrected chi connectivity index (χ0v) is 15.5. The van der Waals surface area contributed by atoms with Gasteiger partial charge in [-0.15, -0.1) is 0 Å². The van der Waals surface area contributed by atoms with Crippen molar-refractivity contribution in [3.63, 3.8) is 0 Å². The third kappa shape index (κ3) is 3.27. The maximum atomic E-state index is 13.0. The van der Waals surface area contributed by atoms with Crippen molar-refractivity contribution >= 4 is 5.91 Å². The molecule has 5 heteroatoms. The summed E-state index contributed by atoms with van der Waals surface area (Å²) >= 11 is 0. The Labute approximate surface area is 150 Å². The van der Waals surface area contributed by atoms with E-state index in [4.69, 9.17) is 4.74 Å². The van der Waals surface area contributed by atoms with Crippen LogP contribution >= 0.6 is 0 Å². The highest BCUT2D eigenvalue weighted by atomic mass is 16.5. The van der Waals surface area contributed by atoms with Crippen LogP contribution in [0.25, 0.3) is 0 Å². The van der Waals surface area contributed by atoms with Gasteiger partial charge in [0.2, 0.25) is 0 Å². The van der Waals surface area contributed by atoms with Gasteiger partial charge in [0.15, 0.2) is 0 Å². The molecule has 2 fully saturated rings. The van der Waals surface area contributed by atoms with E-state index in [2.05, 4.69) is 28.7 Å². The van der Waals surface area contributed by atoms with Crippen LogP contribution in [0, 0.1) is 6.92 Å². The lowest BCUT2D eigenvalue weighted by molar-refractivity contribution is 0.0518. The molecule has 3 heterocycles. The summed E-state index contributed by atoms with van der Waals surface area (Å²) in [5.74, 6) is 1.14. The van der Waals surface area contributed by atoms with E-state index in [9.17, 15) is 4.79 Å². The number of amides is 1. The number of rotatable bonds is 2. The van der Waals surface area contributed by atoms with Gasteiger partial charge in [-0.25, -0.2) is 0 Å². The van der Waals surface area contributed by atoms with Crippen LogP contribution in [0.2, 0.25) is 0 Å². The van der Waals surface area contributed by atoms with Crippen LogP contribution in [0.15, 0.2) is 12.1 Å². The normalized spacial score (nSPS) is 22.7. The highest BCUT2D eigenvalue weighted by Gasteiger charge is 2.31. The molecule has 3 aliphatic rings. The summed E-state index contributed by atoms with van der Waals surface area (Å²) in [6.45, 7) is 9.16. The maximum absolute atomic E-state index is 13.0. The van der Waals surface area contributed by atoms with Crippen LogP contribution in [-0.2, 0) is 6.42 Å². The average molecular weight is 343 g/mol. The number of hydrogen-bond acceptors (Lipinski definition) is 4. The van der Waals surface area contributed by atoms with Gasteiger partial charge in [0, 0.05) is 62.9 Å². The van der Waals surface area contributed by atoms with Gasteiger partial charge >= 0.3 is 0 Å². The fourth-order valence-electron chi connectivity index (χ4n) is 4.44. The van der Waals surface area contributed by atoms with Crippen molar-refractivity contribution in [3.8, 4) is 5.75 Å². The van der Waals surface area contributed by atoms with E-state index in [1.807, 2.05) is 12.1 Å². The molecule has 0 radical (unpaired) electrons. The van der Waals surface area contributed by atoms with E-state index in [1.165, 1.54) is 0 Å². The van der Waals surface area contributed by atoms with E-state index in [0.717, 1.165) is 81.0 Å². The minimum absolute atomic E-state index is 0.193. The number of likely N-dealkylation sites (tertiary alicyclic amines) is 1. The number of hydrogen-bond donors (Lipinski definition) is 0. The number of benzene rings is 1. The zero-order valence-electron chi connectivity index (χ0n) is 15.5. The highest BCUT2D eigenvalue weighted by Crippen LogP contribution is 2.33. The molecular formula is C20H29N3O2. The zero-order chi connectivity index (χ0) is 17.4. The Morgan fingerprint density at radius 3 is 2.52 bits per heavy atom. The third-order valence-electron chi connectivity index (χ3n) is 6.09. The number of nitrogens with zero attached hydrogens (tertiary/aromatic N) is 3. The number of likely N-dealkylation sites (N-methyl/N-ethyl adjacent to an activating group) is 1. The number of fused-ring (bicyclic) bond motifs is 1. The summed E-state index contributed by atoms with van der Waals surface area (Å²) in [5.41, 5.74) is 3.11. The largest absolute Gasteiger partial charge is 0.493 e. The summed E-state index contributed by atoms with van der Waals surface area (Å²) in [6.07, 6.45) is 3.05. The first kappa shape index (κ1) is 16.9. The van der Waals surface area contributed by atoms with E-state index in [0.29, 0.717) is 12.6 Å². The highest BCUT2D eigenvalue weighted by molar-refractivity contribution is 5.96. The second-order valence-electron chi connectivity index (χ2n) is 7.70. The first-order valence-electron chi connectivity index (χ1n) is 9.60. The maximum Gasteiger partial charge on any atom is 0.254 e. The molecule has 0 aromatic heterocycles. The Morgan fingerprint density at radius 2 is 1.80 bits per heavy atom. The molecule has 5 nitrogen and oxygen atoms in total. The summed E-state index contributed by atoms with van der Waals surface area (Å²) in [4.78, 5) is 20.1. The van der Waals surface area contributed by atoms with Gasteiger partial charge in [-0.3, -0.25) is 9.69 Å². The van der Waals surface area contributed by atoms with Crippen LogP contribution < -0.4 is 4.74 Å². The Morgan fingerprint density at radius 1 is 1.08 bits per heavy atom. The second kappa shape index (κ2) is 6.96. The van der Waals surface area contributed by atoms with Crippen LogP contribution in [0.1, 0.15) is 34.3 Å². The van der Waals surface area contributed by atoms with Crippen molar-refractivity contribution in [2.75, 3.05) is 52.9 Å². The number of aryl methyl sites for hydroxylation is 1. The summed E-state index contributed by atoms with van der Waals surface area (Å²) in [7, 11) is 2.20. The van der Waals surface area contributed by atoms with Gasteiger partial charge in [0.25, 0.3) is 5.91 Å². The number of ether oxygens (including phenoxy) is 1. The van der Waals surface area contributed by atoms with Gasteiger partial charge in [-0.1, -0.05) is 6.07 Å². The van der Waals surface area contributed by atoms with Gasteiger partial charge in [-0.2, -0.15) is 0 Å². The predicted octanol–water partition coefficient (Wildman–Crippen LogP) is 1.78. The Balaban J connectivity index is 1.40. The molecule has 1 aromatic rings. The quantitative estimate of drug-likeness (QED) is 0.820. The Kier molecular flexibility index (Phi) is 4.69. The molecular weight excluding hydrogens is 314 g/mol. The molecule has 4 rings (SSSR count). The van der Waals surface area contributed by atoms with E-state index in [-0.39, 0.29) is 5.91 Å². The lowest BCUT2D eigenvalue weighted by atomic mass is 9.98. The number of carbonyl (C=O) groups is 1. The van der Waals surface area contributed by atoms with Gasteiger partial charge in [-0.05, 0) is 38.4 Å². The molecule has 1 amide bonds. The van der Waals surface area contributed by atoms with Gasteiger partial charge < -0.3 is 14.5 Å². The second-order valence-corrected chi connectivity index (χ2v) is 7.70. The van der Waals surface area contributed by atoms with Crippen molar-refractivity contribution in [2.24, 2.45) is 0 Å². The van der Waals surface area contributed by atoms with Gasteiger partial charge in [0.05, 0.1) is 6.61 Å². The minimum Gasteiger partial charge on any atom is -0.493 e. The van der Waals surface area contributed by atoms with Crippen LogP contribution in [-0.4, -0.2) is 79.6 Å². The van der Waals surface area contributed by atoms with Crippen molar-refractivity contribution < 1.29 is 9.53 Å². The van der Waals surface area contributed by atoms with E-state index < -0.39 is 0 Å². The topological polar surface area (TPSA) is 36.0 Å². The van der Waals surface area contributed by atoms with Crippen molar-refractivity contribution in [2.45, 2.75) is 32.2 Å². The number of piperazine rings is 1. The average Bonchev–Trinajstić information content (AvgIpc) is 3.13. The van der Waals surface area contributed by atoms with Crippen molar-refractivity contribution in [3.05, 3.63) is 28.8 Å². The van der Waals surface area contributed by atoms with E-state index >= 15 is 0 Å². The third-order valence-corrected chi connectivity index (χ3v) is 6.09. The minimum atomic E-state index is 0.193. The van der Waals surface area contributed by atoms with Crippen LogP contribution in [0.5, 0.6) is 5.75 Å². The lowest BCUT2D eigenvalue weighted by Gasteiger charge is -2.42. The molecule has 0 saturated carbocycles. The standard InChI is InChI=1S/C20H29N3O2/c1-15-3-4-18(17-7-14-25-19(15)17)20(24)23-8-5-16(6-9-23)22-12-10-21(2)11-13-22/h3-4,16H,5-14H2,1-2H3. The molecule has 25 heavy (non-hydrogen) atoms. The summed E-state index contributed by atoms with van der Waals surface area (Å²) < 4.78 is 5.73. The summed E-state index contributed by atoms with van der Waals surface area (Å²) in [6, 6.07) is 4.66. The molecule has 3 aliphatic heterocycles. The molecule has 0 spiro atoms. The number of carbonyl (C=O) groups excluding carboxylic acids is 1. The van der Waals surface area contributed by atoms with Crippen LogP contribution in [0.4, 0.5) is 0 Å². The Hall–Kier alpha value is -1.59. The number of piperidine rings is 1. The first-order chi connectivity index (χ1) is 12.1. The monoisotopic (exact) mass is 343 g/mol. The van der Waals surface area contributed by atoms with Crippen molar-refractivity contribution in [1.29, 1.82) is 0 Å². The smallest absolute Gasteiger partial charge is 0.254 e. The summed E-state index contributed by atoms with van der Waals surface area (Å²) in [5, 5.41) is 0. The predicted molar refractivity (Wildman–Crippen MR) is 98.4 cm³/mol. The molecule has 0 aliphatic carbocycles.